The lowest BCUT2D eigenvalue weighted by molar-refractivity contribution is 1.31. The number of nitrogens with zero attached hydrogens (tertiary/aromatic N) is 1. The number of benzene rings is 1. The third-order valence-electron chi connectivity index (χ3n) is 1.94. The van der Waals surface area contributed by atoms with Gasteiger partial charge in [0.1, 0.15) is 0 Å². The first-order valence-electron chi connectivity index (χ1n) is 3.89. The molecule has 1 aromatic heterocycles. The highest BCUT2D eigenvalue weighted by molar-refractivity contribution is 5.82. The monoisotopic (exact) mass is 155 g/mol. The predicted octanol–water partition coefficient (Wildman–Crippen LogP) is 2.60. The normalized spacial score (nSPS) is 10.5. The van der Waals surface area contributed by atoms with Crippen molar-refractivity contribution < 1.29 is 0 Å². The highest BCUT2D eigenvalue weighted by Crippen LogP contribution is 2.16. The van der Waals surface area contributed by atoms with Crippen LogP contribution in [0.2, 0.25) is 0 Å². The van der Waals surface area contributed by atoms with Gasteiger partial charge >= 0.3 is 0 Å². The molecule has 12 heavy (non-hydrogen) atoms. The number of aryl methyl sites for hydroxylation is 1. The topological polar surface area (TPSA) is 12.9 Å². The molecule has 0 saturated carbocycles. The number of pyridine rings is 1. The van der Waals surface area contributed by atoms with E-state index in [1.54, 1.807) is 0 Å². The summed E-state index contributed by atoms with van der Waals surface area (Å²) >= 11 is 0. The SMILES string of the molecule is [CH]c1cc(C)c2ccccc2n1. The molecule has 0 aliphatic heterocycles. The van der Waals surface area contributed by atoms with Crippen LogP contribution < -0.4 is 0 Å². The molecular formula is C11H9N. The zero-order valence-corrected chi connectivity index (χ0v) is 6.91. The van der Waals surface area contributed by atoms with Gasteiger partial charge in [0.2, 0.25) is 0 Å². The van der Waals surface area contributed by atoms with E-state index in [4.69, 9.17) is 6.92 Å². The summed E-state index contributed by atoms with van der Waals surface area (Å²) in [5.74, 6) is 0. The maximum atomic E-state index is 5.61. The van der Waals surface area contributed by atoms with Crippen LogP contribution in [-0.2, 0) is 0 Å². The predicted molar refractivity (Wildman–Crippen MR) is 49.9 cm³/mol. The van der Waals surface area contributed by atoms with Crippen molar-refractivity contribution in [2.75, 3.05) is 0 Å². The van der Waals surface area contributed by atoms with E-state index in [9.17, 15) is 0 Å². The van der Waals surface area contributed by atoms with Crippen molar-refractivity contribution in [3.05, 3.63) is 48.5 Å². The molecular weight excluding hydrogens is 146 g/mol. The Morgan fingerprint density at radius 1 is 1.25 bits per heavy atom. The first-order chi connectivity index (χ1) is 5.77. The molecule has 2 aromatic rings. The number of hydrogen-bond donors (Lipinski definition) is 0. The molecule has 0 aliphatic rings. The Labute approximate surface area is 72.1 Å². The molecule has 2 radical (unpaired) electrons. The van der Waals surface area contributed by atoms with Crippen LogP contribution in [-0.4, -0.2) is 4.98 Å². The summed E-state index contributed by atoms with van der Waals surface area (Å²) in [6.45, 7) is 7.66. The smallest absolute Gasteiger partial charge is 0.0708 e. The van der Waals surface area contributed by atoms with E-state index in [0.717, 1.165) is 5.52 Å². The summed E-state index contributed by atoms with van der Waals surface area (Å²) in [6.07, 6.45) is 0. The van der Waals surface area contributed by atoms with Crippen LogP contribution >= 0.6 is 0 Å². The maximum absolute atomic E-state index is 5.61. The van der Waals surface area contributed by atoms with Crippen LogP contribution in [0.4, 0.5) is 0 Å². The highest BCUT2D eigenvalue weighted by atomic mass is 14.7. The number of aromatic nitrogens is 1. The highest BCUT2D eigenvalue weighted by Gasteiger charge is 1.97. The lowest BCUT2D eigenvalue weighted by Gasteiger charge is -2.01. The van der Waals surface area contributed by atoms with Gasteiger partial charge in [-0.05, 0) is 24.6 Å². The van der Waals surface area contributed by atoms with Crippen molar-refractivity contribution in [1.82, 2.24) is 4.98 Å². The quantitative estimate of drug-likeness (QED) is 0.569. The van der Waals surface area contributed by atoms with Crippen molar-refractivity contribution in [1.29, 1.82) is 0 Å². The van der Waals surface area contributed by atoms with Gasteiger partial charge in [0.05, 0.1) is 5.52 Å². The second-order valence-corrected chi connectivity index (χ2v) is 2.88. The van der Waals surface area contributed by atoms with Crippen LogP contribution in [0.1, 0.15) is 11.3 Å². The fourth-order valence-electron chi connectivity index (χ4n) is 1.38. The fourth-order valence-corrected chi connectivity index (χ4v) is 1.38. The van der Waals surface area contributed by atoms with Gasteiger partial charge in [-0.1, -0.05) is 18.2 Å². The molecule has 0 bridgehead atoms. The van der Waals surface area contributed by atoms with E-state index in [2.05, 4.69) is 11.1 Å². The third-order valence-corrected chi connectivity index (χ3v) is 1.94. The van der Waals surface area contributed by atoms with Gasteiger partial charge in [0.25, 0.3) is 0 Å². The van der Waals surface area contributed by atoms with E-state index >= 15 is 0 Å². The van der Waals surface area contributed by atoms with Crippen molar-refractivity contribution in [3.8, 4) is 0 Å². The largest absolute Gasteiger partial charge is 0.252 e. The van der Waals surface area contributed by atoms with Gasteiger partial charge in [-0.2, -0.15) is 0 Å². The molecule has 0 spiro atoms. The molecule has 0 saturated heterocycles. The summed E-state index contributed by atoms with van der Waals surface area (Å²) in [6, 6.07) is 9.89. The number of fused-ring (bicyclic) bond motifs is 1. The van der Waals surface area contributed by atoms with Gasteiger partial charge in [0, 0.05) is 18.0 Å². The van der Waals surface area contributed by atoms with Crippen LogP contribution in [0.15, 0.2) is 30.3 Å². The first-order valence-corrected chi connectivity index (χ1v) is 3.89. The second kappa shape index (κ2) is 2.59. The minimum atomic E-state index is 0.589. The van der Waals surface area contributed by atoms with E-state index in [1.165, 1.54) is 10.9 Å². The molecule has 58 valence electrons. The summed E-state index contributed by atoms with van der Waals surface area (Å²) in [5, 5.41) is 1.17. The number of rotatable bonds is 0. The molecule has 0 amide bonds. The van der Waals surface area contributed by atoms with Crippen LogP contribution in [0.5, 0.6) is 0 Å². The van der Waals surface area contributed by atoms with E-state index in [1.807, 2.05) is 31.2 Å². The number of para-hydroxylation sites is 1. The Bertz CT molecular complexity index is 418. The maximum Gasteiger partial charge on any atom is 0.0708 e. The first kappa shape index (κ1) is 7.29. The zero-order chi connectivity index (χ0) is 8.55. The Balaban J connectivity index is 2.89. The summed E-state index contributed by atoms with van der Waals surface area (Å²) in [4.78, 5) is 4.21. The molecule has 1 nitrogen and oxygen atoms in total. The molecule has 0 atom stereocenters. The molecule has 1 heterocycles. The molecule has 2 rings (SSSR count). The molecule has 0 fully saturated rings. The molecule has 1 heteroatoms. The van der Waals surface area contributed by atoms with Gasteiger partial charge < -0.3 is 0 Å². The molecule has 0 unspecified atom stereocenters. The third kappa shape index (κ3) is 1.07. The standard InChI is InChI=1S/C11H9N/c1-8-7-9(2)12-11-6-4-3-5-10(8)11/h2-7H,1H3. The van der Waals surface area contributed by atoms with Gasteiger partial charge in [-0.25, -0.2) is 0 Å². The lowest BCUT2D eigenvalue weighted by Crippen LogP contribution is -1.85. The van der Waals surface area contributed by atoms with Crippen molar-refractivity contribution >= 4 is 10.9 Å². The Hall–Kier alpha value is -1.37. The minimum Gasteiger partial charge on any atom is -0.252 e. The van der Waals surface area contributed by atoms with Crippen LogP contribution in [0.3, 0.4) is 0 Å². The molecule has 1 aromatic carbocycles. The Morgan fingerprint density at radius 3 is 2.83 bits per heavy atom. The summed E-state index contributed by atoms with van der Waals surface area (Å²) in [7, 11) is 0. The fraction of sp³-hybridized carbons (Fsp3) is 0.0909. The second-order valence-electron chi connectivity index (χ2n) is 2.88. The average Bonchev–Trinajstić information content (AvgIpc) is 2.04. The van der Waals surface area contributed by atoms with Gasteiger partial charge in [-0.15, -0.1) is 0 Å². The van der Waals surface area contributed by atoms with Crippen LogP contribution in [0.25, 0.3) is 10.9 Å². The van der Waals surface area contributed by atoms with E-state index in [0.29, 0.717) is 5.69 Å². The molecule has 0 N–H and O–H groups in total. The summed E-state index contributed by atoms with van der Waals surface area (Å²) in [5.41, 5.74) is 2.74. The van der Waals surface area contributed by atoms with Crippen molar-refractivity contribution in [2.24, 2.45) is 0 Å². The van der Waals surface area contributed by atoms with Gasteiger partial charge in [-0.3, -0.25) is 4.98 Å². The minimum absolute atomic E-state index is 0.589. The Morgan fingerprint density at radius 2 is 2.00 bits per heavy atom. The number of hydrogen-bond acceptors (Lipinski definition) is 1. The Kier molecular flexibility index (Phi) is 1.58. The van der Waals surface area contributed by atoms with Gasteiger partial charge in [0.15, 0.2) is 0 Å². The van der Waals surface area contributed by atoms with E-state index < -0.39 is 0 Å². The lowest BCUT2D eigenvalue weighted by atomic mass is 10.1. The van der Waals surface area contributed by atoms with Crippen molar-refractivity contribution in [2.45, 2.75) is 6.92 Å². The van der Waals surface area contributed by atoms with E-state index in [-0.39, 0.29) is 0 Å². The summed E-state index contributed by atoms with van der Waals surface area (Å²) < 4.78 is 0. The average molecular weight is 155 g/mol. The molecule has 0 aliphatic carbocycles. The van der Waals surface area contributed by atoms with Crippen LogP contribution in [0, 0.1) is 13.8 Å². The van der Waals surface area contributed by atoms with Crippen molar-refractivity contribution in [3.63, 3.8) is 0 Å². The zero-order valence-electron chi connectivity index (χ0n) is 6.91.